The minimum Gasteiger partial charge on any atom is -0.454 e. The highest BCUT2D eigenvalue weighted by Gasteiger charge is 2.45. The van der Waals surface area contributed by atoms with Crippen LogP contribution >= 0.6 is 0 Å². The molecule has 0 bridgehead atoms. The van der Waals surface area contributed by atoms with Gasteiger partial charge in [0, 0.05) is 6.54 Å². The summed E-state index contributed by atoms with van der Waals surface area (Å²) in [5, 5.41) is 0. The van der Waals surface area contributed by atoms with E-state index in [-0.39, 0.29) is 12.7 Å². The molecule has 1 aromatic carbocycles. The van der Waals surface area contributed by atoms with Gasteiger partial charge in [-0.1, -0.05) is 13.8 Å². The van der Waals surface area contributed by atoms with Crippen molar-refractivity contribution in [2.75, 3.05) is 26.9 Å². The van der Waals surface area contributed by atoms with Crippen LogP contribution in [0.4, 0.5) is 4.39 Å². The molecule has 0 saturated carbocycles. The van der Waals surface area contributed by atoms with E-state index in [1.165, 1.54) is 5.56 Å². The molecule has 4 rings (SSSR count). The molecule has 0 aliphatic carbocycles. The summed E-state index contributed by atoms with van der Waals surface area (Å²) in [5.41, 5.74) is 10.9. The maximum Gasteiger partial charge on any atom is 0.262 e. The van der Waals surface area contributed by atoms with Crippen LogP contribution in [-0.4, -0.2) is 43.1 Å². The third kappa shape index (κ3) is 3.36. The zero-order valence-corrected chi connectivity index (χ0v) is 18.2. The van der Waals surface area contributed by atoms with Crippen LogP contribution in [0.3, 0.4) is 0 Å². The van der Waals surface area contributed by atoms with E-state index >= 15 is 0 Å². The van der Waals surface area contributed by atoms with E-state index in [1.54, 1.807) is 0 Å². The number of nitrogens with zero attached hydrogens (tertiary/aromatic N) is 3. The van der Waals surface area contributed by atoms with Crippen LogP contribution in [0.15, 0.2) is 44.9 Å². The van der Waals surface area contributed by atoms with Crippen LogP contribution in [0.25, 0.3) is 0 Å². The largest absolute Gasteiger partial charge is 0.454 e. The first-order chi connectivity index (χ1) is 14.4. The molecule has 1 aromatic rings. The van der Waals surface area contributed by atoms with Gasteiger partial charge in [0.2, 0.25) is 18.6 Å². The number of fused-ring (bicyclic) bond motifs is 2. The highest BCUT2D eigenvalue weighted by molar-refractivity contribution is 6.08. The van der Waals surface area contributed by atoms with Gasteiger partial charge >= 0.3 is 0 Å². The Balaban J connectivity index is 1.79. The Morgan fingerprint density at radius 2 is 1.80 bits per heavy atom. The number of amidine groups is 2. The van der Waals surface area contributed by atoms with Gasteiger partial charge in [0.05, 0.1) is 13.5 Å². The molecule has 30 heavy (non-hydrogen) atoms. The Hall–Kier alpha value is -2.51. The molecule has 7 heteroatoms. The summed E-state index contributed by atoms with van der Waals surface area (Å²) in [4.78, 5) is 9.44. The summed E-state index contributed by atoms with van der Waals surface area (Å²) >= 11 is 0. The molecule has 0 spiro atoms. The fraction of sp³-hybridized carbons (Fsp3) is 0.478. The molecule has 0 saturated heterocycles. The predicted molar refractivity (Wildman–Crippen MR) is 116 cm³/mol. The van der Waals surface area contributed by atoms with Gasteiger partial charge in [-0.15, -0.1) is 0 Å². The SMILES string of the molecule is CCC1=C(F)N=C2C(=C(C)C1)N=C(Cc1cc3c(cc1CC)OCO3)[N+]2(C)CCN. The summed E-state index contributed by atoms with van der Waals surface area (Å²) in [6.45, 7) is 7.42. The molecule has 1 atom stereocenters. The van der Waals surface area contributed by atoms with E-state index in [1.807, 2.05) is 27.0 Å². The van der Waals surface area contributed by atoms with Gasteiger partial charge in [0.25, 0.3) is 5.84 Å². The Bertz CT molecular complexity index is 1010. The maximum absolute atomic E-state index is 14.9. The van der Waals surface area contributed by atoms with Crippen molar-refractivity contribution in [3.8, 4) is 11.5 Å². The zero-order valence-electron chi connectivity index (χ0n) is 18.2. The van der Waals surface area contributed by atoms with Crippen LogP contribution in [0.1, 0.15) is 44.7 Å². The number of aryl methyl sites for hydroxylation is 1. The fourth-order valence-corrected chi connectivity index (χ4v) is 4.41. The van der Waals surface area contributed by atoms with Crippen molar-refractivity contribution in [3.05, 3.63) is 46.1 Å². The molecule has 3 heterocycles. The number of quaternary nitrogens is 1. The van der Waals surface area contributed by atoms with Crippen LogP contribution in [0.2, 0.25) is 0 Å². The Morgan fingerprint density at radius 3 is 2.43 bits per heavy atom. The van der Waals surface area contributed by atoms with Crippen molar-refractivity contribution in [1.82, 2.24) is 0 Å². The van der Waals surface area contributed by atoms with Crippen molar-refractivity contribution in [1.29, 1.82) is 0 Å². The van der Waals surface area contributed by atoms with Crippen LogP contribution in [-0.2, 0) is 12.8 Å². The molecular formula is C23H30FN4O2+. The number of nitrogens with two attached hydrogens (primary N) is 1. The summed E-state index contributed by atoms with van der Waals surface area (Å²) in [6, 6.07) is 4.10. The average Bonchev–Trinajstić information content (AvgIpc) is 3.25. The lowest BCUT2D eigenvalue weighted by Gasteiger charge is -2.29. The predicted octanol–water partition coefficient (Wildman–Crippen LogP) is 4.00. The number of rotatable bonds is 6. The normalized spacial score (nSPS) is 22.9. The zero-order chi connectivity index (χ0) is 21.5. The fourth-order valence-electron chi connectivity index (χ4n) is 4.41. The molecule has 160 valence electrons. The van der Waals surface area contributed by atoms with E-state index in [9.17, 15) is 4.39 Å². The molecule has 3 aliphatic rings. The molecule has 0 fully saturated rings. The number of allylic oxidation sites excluding steroid dienone is 2. The van der Waals surface area contributed by atoms with Crippen LogP contribution < -0.4 is 15.2 Å². The number of benzene rings is 1. The smallest absolute Gasteiger partial charge is 0.262 e. The standard InChI is InChI=1S/C23H30FN4O2/c1-5-15-10-18-19(30-13-29-18)11-17(15)12-20-26-21-14(3)9-16(6-2)22(24)27-23(21)28(20,4)8-7-25/h10-11H,5-9,12-13,25H2,1-4H3/q+1. The molecule has 2 N–H and O–H groups in total. The lowest BCUT2D eigenvalue weighted by atomic mass is 10.00. The van der Waals surface area contributed by atoms with E-state index < -0.39 is 0 Å². The van der Waals surface area contributed by atoms with Gasteiger partial charge in [-0.25, -0.2) is 4.48 Å². The number of likely N-dealkylation sites (N-methyl/N-ethyl adjacent to an activating group) is 1. The topological polar surface area (TPSA) is 69.2 Å². The second kappa shape index (κ2) is 7.96. The lowest BCUT2D eigenvalue weighted by Crippen LogP contribution is -2.54. The first kappa shape index (κ1) is 20.8. The van der Waals surface area contributed by atoms with E-state index in [2.05, 4.69) is 18.0 Å². The van der Waals surface area contributed by atoms with Gasteiger partial charge in [0.1, 0.15) is 6.54 Å². The Kier molecular flexibility index (Phi) is 5.51. The number of hydrogen-bond donors (Lipinski definition) is 1. The van der Waals surface area contributed by atoms with E-state index in [0.29, 0.717) is 42.7 Å². The molecular weight excluding hydrogens is 383 g/mol. The first-order valence-electron chi connectivity index (χ1n) is 10.6. The molecule has 1 unspecified atom stereocenters. The number of hydrogen-bond acceptors (Lipinski definition) is 5. The van der Waals surface area contributed by atoms with E-state index in [0.717, 1.165) is 46.2 Å². The van der Waals surface area contributed by atoms with E-state index in [4.69, 9.17) is 20.2 Å². The van der Waals surface area contributed by atoms with Gasteiger partial charge in [0.15, 0.2) is 17.2 Å². The molecule has 0 radical (unpaired) electrons. The third-order valence-electron chi connectivity index (χ3n) is 6.30. The summed E-state index contributed by atoms with van der Waals surface area (Å²) in [6.07, 6.45) is 2.70. The highest BCUT2D eigenvalue weighted by atomic mass is 19.1. The van der Waals surface area contributed by atoms with Crippen molar-refractivity contribution in [2.24, 2.45) is 15.7 Å². The number of aliphatic imine (C=N–C) groups is 2. The van der Waals surface area contributed by atoms with Crippen LogP contribution in [0.5, 0.6) is 11.5 Å². The quantitative estimate of drug-likeness (QED) is 0.566. The molecule has 0 aromatic heterocycles. The first-order valence-corrected chi connectivity index (χ1v) is 10.6. The number of ether oxygens (including phenoxy) is 2. The highest BCUT2D eigenvalue weighted by Crippen LogP contribution is 2.38. The summed E-state index contributed by atoms with van der Waals surface area (Å²) in [7, 11) is 2.04. The van der Waals surface area contributed by atoms with Crippen molar-refractivity contribution in [3.63, 3.8) is 0 Å². The Morgan fingerprint density at radius 1 is 1.10 bits per heavy atom. The average molecular weight is 414 g/mol. The molecule has 0 amide bonds. The van der Waals surface area contributed by atoms with Gasteiger partial charge in [-0.3, -0.25) is 0 Å². The Labute approximate surface area is 177 Å². The monoisotopic (exact) mass is 413 g/mol. The minimum atomic E-state index is -0.378. The summed E-state index contributed by atoms with van der Waals surface area (Å²) in [5.74, 6) is 2.76. The second-order valence-corrected chi connectivity index (χ2v) is 8.23. The van der Waals surface area contributed by atoms with Gasteiger partial charge in [-0.2, -0.15) is 14.4 Å². The molecule has 3 aliphatic heterocycles. The second-order valence-electron chi connectivity index (χ2n) is 8.23. The third-order valence-corrected chi connectivity index (χ3v) is 6.30. The van der Waals surface area contributed by atoms with Crippen molar-refractivity contribution in [2.45, 2.75) is 46.5 Å². The van der Waals surface area contributed by atoms with Crippen molar-refractivity contribution < 1.29 is 18.3 Å². The summed E-state index contributed by atoms with van der Waals surface area (Å²) < 4.78 is 26.3. The minimum absolute atomic E-state index is 0.248. The molecule has 6 nitrogen and oxygen atoms in total. The maximum atomic E-state index is 14.9. The van der Waals surface area contributed by atoms with Crippen molar-refractivity contribution >= 4 is 11.7 Å². The number of halogens is 1. The van der Waals surface area contributed by atoms with Gasteiger partial charge in [-0.05, 0) is 60.6 Å². The lowest BCUT2D eigenvalue weighted by molar-refractivity contribution is -0.720. The van der Waals surface area contributed by atoms with Crippen LogP contribution in [0, 0.1) is 0 Å². The van der Waals surface area contributed by atoms with Gasteiger partial charge < -0.3 is 15.2 Å².